The van der Waals surface area contributed by atoms with Gasteiger partial charge in [0.15, 0.2) is 5.82 Å². The van der Waals surface area contributed by atoms with Gasteiger partial charge in [-0.15, -0.1) is 15.3 Å². The van der Waals surface area contributed by atoms with Gasteiger partial charge in [-0.05, 0) is 41.1 Å². The van der Waals surface area contributed by atoms with Crippen LogP contribution in [0, 0.1) is 0 Å². The van der Waals surface area contributed by atoms with Crippen LogP contribution in [-0.4, -0.2) is 36.2 Å². The first-order valence-electron chi connectivity index (χ1n) is 8.24. The van der Waals surface area contributed by atoms with Gasteiger partial charge < -0.3 is 4.42 Å². The molecule has 2 aromatic heterocycles. The third-order valence-corrected chi connectivity index (χ3v) is 4.64. The molecule has 0 fully saturated rings. The fraction of sp³-hybridized carbons (Fsp3) is 0.167. The van der Waals surface area contributed by atoms with Crippen LogP contribution in [0.4, 0.5) is 0 Å². The van der Waals surface area contributed by atoms with Crippen LogP contribution in [0.25, 0.3) is 17.1 Å². The Morgan fingerprint density at radius 3 is 2.46 bits per heavy atom. The van der Waals surface area contributed by atoms with E-state index < -0.39 is 0 Å². The molecular formula is C18H16N6OS. The highest BCUT2D eigenvalue weighted by molar-refractivity contribution is 7.99. The van der Waals surface area contributed by atoms with E-state index in [1.54, 1.807) is 16.4 Å². The van der Waals surface area contributed by atoms with E-state index in [2.05, 4.69) is 25.7 Å². The van der Waals surface area contributed by atoms with Gasteiger partial charge in [0.1, 0.15) is 0 Å². The zero-order valence-corrected chi connectivity index (χ0v) is 14.7. The summed E-state index contributed by atoms with van der Waals surface area (Å²) in [6.45, 7) is 0. The standard InChI is InChI=1S/C18H16N6OS/c1-3-8-14(9-4-1)17-20-21-18(25-17)26-13-7-12-16-19-22-23-24(16)15-10-5-2-6-11-15/h1-6,8-11H,7,12-13H2. The summed E-state index contributed by atoms with van der Waals surface area (Å²) >= 11 is 1.54. The third-order valence-electron chi connectivity index (χ3n) is 3.73. The van der Waals surface area contributed by atoms with Gasteiger partial charge in [0.2, 0.25) is 5.89 Å². The maximum atomic E-state index is 5.70. The number of aryl methyl sites for hydroxylation is 1. The molecule has 0 spiro atoms. The summed E-state index contributed by atoms with van der Waals surface area (Å²) in [5.41, 5.74) is 1.89. The van der Waals surface area contributed by atoms with E-state index in [1.807, 2.05) is 60.7 Å². The molecule has 0 atom stereocenters. The smallest absolute Gasteiger partial charge is 0.276 e. The topological polar surface area (TPSA) is 82.5 Å². The van der Waals surface area contributed by atoms with Gasteiger partial charge in [-0.3, -0.25) is 0 Å². The van der Waals surface area contributed by atoms with E-state index >= 15 is 0 Å². The summed E-state index contributed by atoms with van der Waals surface area (Å²) in [7, 11) is 0. The van der Waals surface area contributed by atoms with Crippen molar-refractivity contribution in [3.05, 3.63) is 66.5 Å². The second-order valence-corrected chi connectivity index (χ2v) is 6.58. The molecule has 0 saturated heterocycles. The number of tetrazole rings is 1. The van der Waals surface area contributed by atoms with E-state index in [0.29, 0.717) is 11.1 Å². The highest BCUT2D eigenvalue weighted by atomic mass is 32.2. The number of hydrogen-bond acceptors (Lipinski definition) is 7. The fourth-order valence-electron chi connectivity index (χ4n) is 2.49. The van der Waals surface area contributed by atoms with Crippen molar-refractivity contribution < 1.29 is 4.42 Å². The Balaban J connectivity index is 1.32. The van der Waals surface area contributed by atoms with E-state index in [9.17, 15) is 0 Å². The van der Waals surface area contributed by atoms with Crippen molar-refractivity contribution in [1.29, 1.82) is 0 Å². The van der Waals surface area contributed by atoms with Crippen molar-refractivity contribution in [3.8, 4) is 17.1 Å². The Kier molecular flexibility index (Phi) is 5.02. The number of hydrogen-bond donors (Lipinski definition) is 0. The second-order valence-electron chi connectivity index (χ2n) is 5.53. The monoisotopic (exact) mass is 364 g/mol. The van der Waals surface area contributed by atoms with Crippen LogP contribution in [0.5, 0.6) is 0 Å². The SMILES string of the molecule is c1ccc(-c2nnc(SCCCc3nnnn3-c3ccccc3)o2)cc1. The van der Waals surface area contributed by atoms with Gasteiger partial charge in [0.25, 0.3) is 5.22 Å². The zero-order chi connectivity index (χ0) is 17.6. The van der Waals surface area contributed by atoms with Crippen LogP contribution in [-0.2, 0) is 6.42 Å². The predicted octanol–water partition coefficient (Wildman–Crippen LogP) is 3.44. The first kappa shape index (κ1) is 16.5. The van der Waals surface area contributed by atoms with Gasteiger partial charge in [-0.25, -0.2) is 0 Å². The number of rotatable bonds is 7. The molecule has 2 heterocycles. The highest BCUT2D eigenvalue weighted by Crippen LogP contribution is 2.23. The van der Waals surface area contributed by atoms with Gasteiger partial charge in [-0.1, -0.05) is 48.2 Å². The lowest BCUT2D eigenvalue weighted by Gasteiger charge is -2.03. The Morgan fingerprint density at radius 2 is 1.65 bits per heavy atom. The van der Waals surface area contributed by atoms with Crippen molar-refractivity contribution in [2.24, 2.45) is 0 Å². The molecule has 8 heteroatoms. The molecule has 0 aliphatic rings. The lowest BCUT2D eigenvalue weighted by Crippen LogP contribution is -2.03. The molecule has 130 valence electrons. The summed E-state index contributed by atoms with van der Waals surface area (Å²) in [6.07, 6.45) is 1.68. The van der Waals surface area contributed by atoms with Crippen molar-refractivity contribution >= 4 is 11.8 Å². The molecule has 7 nitrogen and oxygen atoms in total. The van der Waals surface area contributed by atoms with Crippen LogP contribution >= 0.6 is 11.8 Å². The first-order valence-corrected chi connectivity index (χ1v) is 9.23. The Hall–Kier alpha value is -3.00. The van der Waals surface area contributed by atoms with Gasteiger partial charge in [0.05, 0.1) is 5.69 Å². The van der Waals surface area contributed by atoms with Gasteiger partial charge >= 0.3 is 0 Å². The first-order chi connectivity index (χ1) is 12.9. The lowest BCUT2D eigenvalue weighted by atomic mass is 10.2. The Morgan fingerprint density at radius 1 is 0.885 bits per heavy atom. The van der Waals surface area contributed by atoms with E-state index in [0.717, 1.165) is 35.7 Å². The molecule has 4 aromatic rings. The molecule has 0 radical (unpaired) electrons. The van der Waals surface area contributed by atoms with Crippen LogP contribution in [0.3, 0.4) is 0 Å². The molecule has 0 saturated carbocycles. The van der Waals surface area contributed by atoms with Gasteiger partial charge in [-0.2, -0.15) is 4.68 Å². The minimum atomic E-state index is 0.543. The summed E-state index contributed by atoms with van der Waals surface area (Å²) in [4.78, 5) is 0. The fourth-order valence-corrected chi connectivity index (χ4v) is 3.19. The van der Waals surface area contributed by atoms with Crippen molar-refractivity contribution in [2.75, 3.05) is 5.75 Å². The Labute approximate surface area is 154 Å². The normalized spacial score (nSPS) is 10.9. The number of nitrogens with zero attached hydrogens (tertiary/aromatic N) is 6. The molecule has 0 bridgehead atoms. The van der Waals surface area contributed by atoms with Crippen LogP contribution in [0.1, 0.15) is 12.2 Å². The number of benzene rings is 2. The minimum Gasteiger partial charge on any atom is -0.411 e. The average Bonchev–Trinajstić information content (AvgIpc) is 3.36. The van der Waals surface area contributed by atoms with E-state index in [4.69, 9.17) is 4.42 Å². The van der Waals surface area contributed by atoms with Gasteiger partial charge in [0, 0.05) is 17.7 Å². The summed E-state index contributed by atoms with van der Waals surface area (Å²) in [5.74, 6) is 2.23. The maximum absolute atomic E-state index is 5.70. The van der Waals surface area contributed by atoms with Crippen molar-refractivity contribution in [2.45, 2.75) is 18.1 Å². The molecular weight excluding hydrogens is 348 g/mol. The Bertz CT molecular complexity index is 954. The summed E-state index contributed by atoms with van der Waals surface area (Å²) in [5, 5.41) is 20.7. The van der Waals surface area contributed by atoms with E-state index in [-0.39, 0.29) is 0 Å². The summed E-state index contributed by atoms with van der Waals surface area (Å²) < 4.78 is 7.46. The molecule has 0 unspecified atom stereocenters. The largest absolute Gasteiger partial charge is 0.411 e. The number of aromatic nitrogens is 6. The van der Waals surface area contributed by atoms with E-state index in [1.165, 1.54) is 0 Å². The molecule has 0 amide bonds. The lowest BCUT2D eigenvalue weighted by molar-refractivity contribution is 0.465. The predicted molar refractivity (Wildman–Crippen MR) is 97.9 cm³/mol. The highest BCUT2D eigenvalue weighted by Gasteiger charge is 2.10. The van der Waals surface area contributed by atoms with Crippen LogP contribution in [0.2, 0.25) is 0 Å². The minimum absolute atomic E-state index is 0.543. The summed E-state index contributed by atoms with van der Waals surface area (Å²) in [6, 6.07) is 19.6. The van der Waals surface area contributed by atoms with Crippen LogP contribution in [0.15, 0.2) is 70.3 Å². The quantitative estimate of drug-likeness (QED) is 0.367. The molecule has 0 aliphatic heterocycles. The number of para-hydroxylation sites is 1. The second kappa shape index (κ2) is 7.92. The maximum Gasteiger partial charge on any atom is 0.276 e. The zero-order valence-electron chi connectivity index (χ0n) is 13.9. The number of thioether (sulfide) groups is 1. The van der Waals surface area contributed by atoms with Crippen molar-refractivity contribution in [1.82, 2.24) is 30.4 Å². The van der Waals surface area contributed by atoms with Crippen molar-refractivity contribution in [3.63, 3.8) is 0 Å². The molecule has 0 aliphatic carbocycles. The van der Waals surface area contributed by atoms with Crippen LogP contribution < -0.4 is 0 Å². The molecule has 2 aromatic carbocycles. The molecule has 26 heavy (non-hydrogen) atoms. The molecule has 4 rings (SSSR count). The third kappa shape index (κ3) is 3.80. The average molecular weight is 364 g/mol. The molecule has 0 N–H and O–H groups in total.